The molecule has 0 aromatic heterocycles. The molecule has 1 rings (SSSR count). The number of hydrogen-bond donors (Lipinski definition) is 2. The molecule has 96 valence electrons. The zero-order valence-electron chi connectivity index (χ0n) is 10.8. The van der Waals surface area contributed by atoms with Crippen molar-refractivity contribution in [3.05, 3.63) is 35.4 Å². The quantitative estimate of drug-likeness (QED) is 0.680. The summed E-state index contributed by atoms with van der Waals surface area (Å²) in [5.41, 5.74) is 2.45. The highest BCUT2D eigenvalue weighted by atomic mass is 16.5. The maximum absolute atomic E-state index is 9.41. The summed E-state index contributed by atoms with van der Waals surface area (Å²) in [7, 11) is 1.71. The Morgan fingerprint density at radius 1 is 1.35 bits per heavy atom. The molecule has 0 bridgehead atoms. The summed E-state index contributed by atoms with van der Waals surface area (Å²) in [6.45, 7) is 4.35. The lowest BCUT2D eigenvalue weighted by Crippen LogP contribution is -2.19. The molecule has 3 heteroatoms. The lowest BCUT2D eigenvalue weighted by Gasteiger charge is -2.09. The summed E-state index contributed by atoms with van der Waals surface area (Å²) in [6.07, 6.45) is 1.46. The van der Waals surface area contributed by atoms with E-state index in [4.69, 9.17) is 4.74 Å². The van der Waals surface area contributed by atoms with Crippen molar-refractivity contribution in [2.24, 2.45) is 0 Å². The molecule has 2 N–H and O–H groups in total. The van der Waals surface area contributed by atoms with Crippen molar-refractivity contribution in [2.45, 2.75) is 39.0 Å². The predicted octanol–water partition coefficient (Wildman–Crippen LogP) is 2.08. The van der Waals surface area contributed by atoms with Gasteiger partial charge in [0.1, 0.15) is 0 Å². The van der Waals surface area contributed by atoms with Crippen molar-refractivity contribution in [1.29, 1.82) is 0 Å². The van der Waals surface area contributed by atoms with E-state index in [1.165, 1.54) is 11.1 Å². The van der Waals surface area contributed by atoms with Gasteiger partial charge in [-0.15, -0.1) is 0 Å². The highest BCUT2D eigenvalue weighted by molar-refractivity contribution is 5.22. The summed E-state index contributed by atoms with van der Waals surface area (Å²) < 4.78 is 5.10. The maximum atomic E-state index is 9.41. The fraction of sp³-hybridized carbons (Fsp3) is 0.571. The van der Waals surface area contributed by atoms with Crippen molar-refractivity contribution >= 4 is 0 Å². The number of aliphatic hydroxyl groups is 1. The average molecular weight is 237 g/mol. The third-order valence-electron chi connectivity index (χ3n) is 2.76. The zero-order chi connectivity index (χ0) is 12.5. The van der Waals surface area contributed by atoms with Gasteiger partial charge in [0.2, 0.25) is 0 Å². The van der Waals surface area contributed by atoms with Crippen LogP contribution in [-0.4, -0.2) is 24.9 Å². The van der Waals surface area contributed by atoms with Crippen LogP contribution in [0.1, 0.15) is 30.9 Å². The summed E-state index contributed by atoms with van der Waals surface area (Å²) in [5, 5.41) is 12.7. The Labute approximate surface area is 104 Å². The number of ether oxygens (including phenoxy) is 1. The molecule has 1 aromatic carbocycles. The zero-order valence-corrected chi connectivity index (χ0v) is 10.8. The van der Waals surface area contributed by atoms with E-state index in [-0.39, 0.29) is 6.10 Å². The smallest absolute Gasteiger partial charge is 0.0713 e. The van der Waals surface area contributed by atoms with Crippen molar-refractivity contribution in [3.8, 4) is 0 Å². The first kappa shape index (κ1) is 14.2. The van der Waals surface area contributed by atoms with Gasteiger partial charge in [-0.2, -0.15) is 0 Å². The van der Waals surface area contributed by atoms with Gasteiger partial charge in [0.25, 0.3) is 0 Å². The molecule has 1 atom stereocenters. The second kappa shape index (κ2) is 8.23. The molecule has 0 fully saturated rings. The van der Waals surface area contributed by atoms with Crippen LogP contribution in [0.5, 0.6) is 0 Å². The predicted molar refractivity (Wildman–Crippen MR) is 69.8 cm³/mol. The summed E-state index contributed by atoms with van der Waals surface area (Å²) >= 11 is 0. The van der Waals surface area contributed by atoms with Crippen molar-refractivity contribution in [2.75, 3.05) is 13.7 Å². The normalized spacial score (nSPS) is 12.6. The first-order valence-electron chi connectivity index (χ1n) is 6.21. The van der Waals surface area contributed by atoms with Crippen LogP contribution in [0.2, 0.25) is 0 Å². The van der Waals surface area contributed by atoms with Gasteiger partial charge in [-0.25, -0.2) is 0 Å². The standard InChI is InChI=1S/C14H23NO2/c1-3-14(16)7-8-15-10-12-5-4-6-13(9-12)11-17-2/h4-6,9,14-16H,3,7-8,10-11H2,1-2H3. The van der Waals surface area contributed by atoms with Gasteiger partial charge < -0.3 is 15.2 Å². The van der Waals surface area contributed by atoms with Crippen molar-refractivity contribution < 1.29 is 9.84 Å². The number of nitrogens with one attached hydrogen (secondary N) is 1. The second-order valence-corrected chi connectivity index (χ2v) is 4.28. The first-order valence-corrected chi connectivity index (χ1v) is 6.21. The Morgan fingerprint density at radius 2 is 2.12 bits per heavy atom. The first-order chi connectivity index (χ1) is 8.26. The van der Waals surface area contributed by atoms with Crippen LogP contribution in [0.25, 0.3) is 0 Å². The van der Waals surface area contributed by atoms with Crippen LogP contribution in [0.4, 0.5) is 0 Å². The van der Waals surface area contributed by atoms with E-state index < -0.39 is 0 Å². The number of rotatable bonds is 8. The van der Waals surface area contributed by atoms with Crippen LogP contribution >= 0.6 is 0 Å². The van der Waals surface area contributed by atoms with Gasteiger partial charge in [-0.1, -0.05) is 31.2 Å². The second-order valence-electron chi connectivity index (χ2n) is 4.28. The van der Waals surface area contributed by atoms with Gasteiger partial charge in [0, 0.05) is 13.7 Å². The lowest BCUT2D eigenvalue weighted by atomic mass is 10.1. The van der Waals surface area contributed by atoms with Gasteiger partial charge in [-0.3, -0.25) is 0 Å². The third kappa shape index (κ3) is 5.82. The number of benzene rings is 1. The van der Waals surface area contributed by atoms with E-state index in [2.05, 4.69) is 23.5 Å². The lowest BCUT2D eigenvalue weighted by molar-refractivity contribution is 0.159. The van der Waals surface area contributed by atoms with Crippen molar-refractivity contribution in [3.63, 3.8) is 0 Å². The molecular weight excluding hydrogens is 214 g/mol. The fourth-order valence-corrected chi connectivity index (χ4v) is 1.70. The Kier molecular flexibility index (Phi) is 6.86. The van der Waals surface area contributed by atoms with Crippen LogP contribution in [-0.2, 0) is 17.9 Å². The summed E-state index contributed by atoms with van der Waals surface area (Å²) in [5.74, 6) is 0. The number of hydrogen-bond acceptors (Lipinski definition) is 3. The Hall–Kier alpha value is -0.900. The Balaban J connectivity index is 2.28. The highest BCUT2D eigenvalue weighted by Gasteiger charge is 2.00. The van der Waals surface area contributed by atoms with E-state index in [9.17, 15) is 5.11 Å². The SMILES string of the molecule is CCC(O)CCNCc1cccc(COC)c1. The van der Waals surface area contributed by atoms with E-state index in [1.54, 1.807) is 7.11 Å². The molecule has 0 radical (unpaired) electrons. The molecule has 0 aliphatic heterocycles. The average Bonchev–Trinajstić information content (AvgIpc) is 2.35. The number of methoxy groups -OCH3 is 1. The van der Waals surface area contributed by atoms with Crippen LogP contribution in [0, 0.1) is 0 Å². The Bertz CT molecular complexity index is 315. The van der Waals surface area contributed by atoms with Crippen LogP contribution in [0.15, 0.2) is 24.3 Å². The Morgan fingerprint density at radius 3 is 2.82 bits per heavy atom. The molecule has 1 unspecified atom stereocenters. The molecule has 1 aromatic rings. The molecule has 0 heterocycles. The van der Waals surface area contributed by atoms with Gasteiger partial charge in [0.15, 0.2) is 0 Å². The minimum Gasteiger partial charge on any atom is -0.393 e. The van der Waals surface area contributed by atoms with Crippen molar-refractivity contribution in [1.82, 2.24) is 5.32 Å². The summed E-state index contributed by atoms with van der Waals surface area (Å²) in [4.78, 5) is 0. The molecule has 0 spiro atoms. The topological polar surface area (TPSA) is 41.5 Å². The minimum absolute atomic E-state index is 0.178. The maximum Gasteiger partial charge on any atom is 0.0713 e. The molecule has 0 amide bonds. The van der Waals surface area contributed by atoms with Gasteiger partial charge in [0.05, 0.1) is 12.7 Å². The van der Waals surface area contributed by atoms with Gasteiger partial charge >= 0.3 is 0 Å². The van der Waals surface area contributed by atoms with E-state index >= 15 is 0 Å². The molecule has 0 aliphatic rings. The molecular formula is C14H23NO2. The summed E-state index contributed by atoms with van der Waals surface area (Å²) in [6, 6.07) is 8.36. The molecule has 0 saturated heterocycles. The van der Waals surface area contributed by atoms with E-state index in [0.717, 1.165) is 25.9 Å². The van der Waals surface area contributed by atoms with Crippen LogP contribution in [0.3, 0.4) is 0 Å². The molecule has 0 aliphatic carbocycles. The molecule has 17 heavy (non-hydrogen) atoms. The van der Waals surface area contributed by atoms with E-state index in [0.29, 0.717) is 6.61 Å². The minimum atomic E-state index is -0.178. The third-order valence-corrected chi connectivity index (χ3v) is 2.76. The highest BCUT2D eigenvalue weighted by Crippen LogP contribution is 2.06. The van der Waals surface area contributed by atoms with Gasteiger partial charge in [-0.05, 0) is 30.5 Å². The van der Waals surface area contributed by atoms with Crippen LogP contribution < -0.4 is 5.32 Å². The fourth-order valence-electron chi connectivity index (χ4n) is 1.70. The number of aliphatic hydroxyl groups excluding tert-OH is 1. The largest absolute Gasteiger partial charge is 0.393 e. The van der Waals surface area contributed by atoms with E-state index in [1.807, 2.05) is 13.0 Å². The monoisotopic (exact) mass is 237 g/mol. The molecule has 0 saturated carbocycles. The molecule has 3 nitrogen and oxygen atoms in total.